The van der Waals surface area contributed by atoms with E-state index in [1.807, 2.05) is 31.2 Å². The van der Waals surface area contributed by atoms with Gasteiger partial charge in [-0.05, 0) is 57.0 Å². The lowest BCUT2D eigenvalue weighted by Crippen LogP contribution is -2.39. The van der Waals surface area contributed by atoms with Crippen LogP contribution < -0.4 is 14.2 Å². The average molecular weight is 459 g/mol. The average Bonchev–Trinajstić information content (AvgIpc) is 3.59. The van der Waals surface area contributed by atoms with E-state index in [0.717, 1.165) is 52.2 Å². The lowest BCUT2D eigenvalue weighted by molar-refractivity contribution is 0.0570. The molecule has 1 aromatic heterocycles. The van der Waals surface area contributed by atoms with Crippen LogP contribution in [-0.4, -0.2) is 35.1 Å². The molecule has 0 unspecified atom stereocenters. The summed E-state index contributed by atoms with van der Waals surface area (Å²) in [5.41, 5.74) is 4.67. The number of fused-ring (bicyclic) bond motifs is 3. The number of aryl methyl sites for hydroxylation is 1. The van der Waals surface area contributed by atoms with Crippen molar-refractivity contribution in [1.29, 1.82) is 0 Å². The molecule has 1 fully saturated rings. The maximum Gasteiger partial charge on any atom is 0.231 e. The molecule has 0 amide bonds. The number of rotatable bonds is 4. The molecule has 1 saturated carbocycles. The highest BCUT2D eigenvalue weighted by atomic mass is 16.5. The fraction of sp³-hybridized carbons (Fsp3) is 0.393. The van der Waals surface area contributed by atoms with Gasteiger partial charge in [0.1, 0.15) is 24.0 Å². The summed E-state index contributed by atoms with van der Waals surface area (Å²) in [5.74, 6) is 2.57. The monoisotopic (exact) mass is 458 g/mol. The third kappa shape index (κ3) is 3.31. The zero-order valence-corrected chi connectivity index (χ0v) is 20.0. The molecule has 6 heteroatoms. The van der Waals surface area contributed by atoms with Gasteiger partial charge in [0.05, 0.1) is 12.7 Å². The van der Waals surface area contributed by atoms with Crippen LogP contribution >= 0.6 is 0 Å². The molecule has 176 valence electrons. The number of aromatic nitrogens is 1. The van der Waals surface area contributed by atoms with Gasteiger partial charge in [0.2, 0.25) is 5.78 Å². The van der Waals surface area contributed by atoms with Crippen molar-refractivity contribution in [3.63, 3.8) is 0 Å². The first-order chi connectivity index (χ1) is 16.6. The van der Waals surface area contributed by atoms with Crippen LogP contribution in [0.2, 0.25) is 0 Å². The fourth-order valence-corrected chi connectivity index (χ4v) is 5.72. The summed E-state index contributed by atoms with van der Waals surface area (Å²) in [5, 5.41) is 1.03. The fourth-order valence-electron chi connectivity index (χ4n) is 5.72. The summed E-state index contributed by atoms with van der Waals surface area (Å²) in [6, 6.07) is 8.59. The van der Waals surface area contributed by atoms with E-state index in [0.29, 0.717) is 29.8 Å². The van der Waals surface area contributed by atoms with Gasteiger partial charge in [0, 0.05) is 52.9 Å². The van der Waals surface area contributed by atoms with Crippen LogP contribution in [0.1, 0.15) is 59.7 Å². The maximum absolute atomic E-state index is 13.4. The summed E-state index contributed by atoms with van der Waals surface area (Å²) >= 11 is 0. The van der Waals surface area contributed by atoms with Gasteiger partial charge in [-0.15, -0.1) is 0 Å². The summed E-state index contributed by atoms with van der Waals surface area (Å²) in [7, 11) is 1.66. The summed E-state index contributed by atoms with van der Waals surface area (Å²) in [6.07, 6.45) is 8.97. The molecule has 2 aromatic carbocycles. The SMILES string of the molecule is CCn1cc(/C=C2\Oc3c(cc4c(c3C)OCN(C3CCCC3)C4)C2=O)c2cc(OC)ccc21. The van der Waals surface area contributed by atoms with Crippen LogP contribution in [0.15, 0.2) is 36.2 Å². The zero-order chi connectivity index (χ0) is 23.4. The molecule has 3 aliphatic rings. The smallest absolute Gasteiger partial charge is 0.231 e. The molecule has 0 spiro atoms. The van der Waals surface area contributed by atoms with E-state index in [1.165, 1.54) is 25.7 Å². The number of nitrogens with zero attached hydrogens (tertiary/aromatic N) is 2. The number of ether oxygens (including phenoxy) is 3. The quantitative estimate of drug-likeness (QED) is 0.470. The lowest BCUT2D eigenvalue weighted by Gasteiger charge is -2.34. The minimum Gasteiger partial charge on any atom is -0.497 e. The Labute approximate surface area is 199 Å². The lowest BCUT2D eigenvalue weighted by atomic mass is 9.99. The number of carbonyl (C=O) groups excluding carboxylic acids is 1. The molecule has 2 aliphatic heterocycles. The summed E-state index contributed by atoms with van der Waals surface area (Å²) < 4.78 is 20.0. The van der Waals surface area contributed by atoms with Crippen molar-refractivity contribution >= 4 is 22.8 Å². The zero-order valence-electron chi connectivity index (χ0n) is 20.0. The standard InChI is InChI=1S/C28H30N2O4/c1-4-29-14-18(22-13-21(32-3)9-10-24(22)29)12-25-26(31)23-11-19-15-30(20-7-5-6-8-20)16-33-27(19)17(2)28(23)34-25/h9-14,20H,4-8,15-16H2,1-3H3/b25-12-. The summed E-state index contributed by atoms with van der Waals surface area (Å²) in [6.45, 7) is 6.36. The van der Waals surface area contributed by atoms with E-state index in [-0.39, 0.29) is 5.78 Å². The number of carbonyl (C=O) groups is 1. The number of hydrogen-bond acceptors (Lipinski definition) is 5. The predicted octanol–water partition coefficient (Wildman–Crippen LogP) is 5.69. The molecule has 6 rings (SSSR count). The van der Waals surface area contributed by atoms with Crippen LogP contribution in [0.5, 0.6) is 17.2 Å². The van der Waals surface area contributed by atoms with Crippen molar-refractivity contribution in [2.45, 2.75) is 58.7 Å². The highest BCUT2D eigenvalue weighted by Gasteiger charge is 2.35. The van der Waals surface area contributed by atoms with Gasteiger partial charge >= 0.3 is 0 Å². The van der Waals surface area contributed by atoms with Crippen molar-refractivity contribution in [3.8, 4) is 17.2 Å². The number of ketones is 1. The van der Waals surface area contributed by atoms with E-state index in [9.17, 15) is 4.79 Å². The van der Waals surface area contributed by atoms with E-state index < -0.39 is 0 Å². The molecule has 6 nitrogen and oxygen atoms in total. The van der Waals surface area contributed by atoms with Crippen molar-refractivity contribution in [1.82, 2.24) is 9.47 Å². The minimum atomic E-state index is -0.0702. The Morgan fingerprint density at radius 1 is 1.18 bits per heavy atom. The number of methoxy groups -OCH3 is 1. The van der Waals surface area contributed by atoms with E-state index in [1.54, 1.807) is 7.11 Å². The van der Waals surface area contributed by atoms with Gasteiger partial charge in [-0.25, -0.2) is 0 Å². The molecule has 34 heavy (non-hydrogen) atoms. The van der Waals surface area contributed by atoms with Gasteiger partial charge in [-0.2, -0.15) is 0 Å². The van der Waals surface area contributed by atoms with Crippen molar-refractivity contribution < 1.29 is 19.0 Å². The Morgan fingerprint density at radius 3 is 2.76 bits per heavy atom. The molecular formula is C28H30N2O4. The predicted molar refractivity (Wildman–Crippen MR) is 132 cm³/mol. The summed E-state index contributed by atoms with van der Waals surface area (Å²) in [4.78, 5) is 15.8. The number of Topliss-reactive ketones (excluding diaryl/α,β-unsaturated/α-hetero) is 1. The Kier molecular flexibility index (Phi) is 5.14. The molecular weight excluding hydrogens is 428 g/mol. The van der Waals surface area contributed by atoms with Crippen LogP contribution in [-0.2, 0) is 13.1 Å². The van der Waals surface area contributed by atoms with E-state index in [2.05, 4.69) is 28.7 Å². The molecule has 0 radical (unpaired) electrons. The third-order valence-electron chi connectivity index (χ3n) is 7.55. The Hall–Kier alpha value is -3.25. The molecule has 3 aromatic rings. The number of hydrogen-bond donors (Lipinski definition) is 0. The van der Waals surface area contributed by atoms with E-state index >= 15 is 0 Å². The first-order valence-corrected chi connectivity index (χ1v) is 12.2. The first-order valence-electron chi connectivity index (χ1n) is 12.2. The topological polar surface area (TPSA) is 52.9 Å². The third-order valence-corrected chi connectivity index (χ3v) is 7.55. The molecule has 3 heterocycles. The second kappa shape index (κ2) is 8.20. The van der Waals surface area contributed by atoms with Gasteiger partial charge in [0.15, 0.2) is 5.76 Å². The molecule has 0 N–H and O–H groups in total. The minimum absolute atomic E-state index is 0.0702. The Bertz CT molecular complexity index is 1330. The molecule has 1 aliphatic carbocycles. The molecule has 0 atom stereocenters. The van der Waals surface area contributed by atoms with Crippen LogP contribution in [0.25, 0.3) is 17.0 Å². The Morgan fingerprint density at radius 2 is 2.00 bits per heavy atom. The van der Waals surface area contributed by atoms with Gasteiger partial charge in [0.25, 0.3) is 0 Å². The largest absolute Gasteiger partial charge is 0.497 e. The van der Waals surface area contributed by atoms with Crippen molar-refractivity contribution in [2.75, 3.05) is 13.8 Å². The van der Waals surface area contributed by atoms with Crippen molar-refractivity contribution in [3.05, 3.63) is 58.5 Å². The van der Waals surface area contributed by atoms with Crippen molar-refractivity contribution in [2.24, 2.45) is 0 Å². The second-order valence-corrected chi connectivity index (χ2v) is 9.52. The van der Waals surface area contributed by atoms with Crippen LogP contribution in [0, 0.1) is 6.92 Å². The first kappa shape index (κ1) is 21.3. The number of benzene rings is 2. The van der Waals surface area contributed by atoms with E-state index in [4.69, 9.17) is 14.2 Å². The Balaban J connectivity index is 1.37. The van der Waals surface area contributed by atoms with Gasteiger partial charge in [-0.1, -0.05) is 12.8 Å². The maximum atomic E-state index is 13.4. The van der Waals surface area contributed by atoms with Gasteiger partial charge < -0.3 is 18.8 Å². The second-order valence-electron chi connectivity index (χ2n) is 9.52. The normalized spacial score (nSPS) is 19.4. The van der Waals surface area contributed by atoms with Crippen LogP contribution in [0.3, 0.4) is 0 Å². The van der Waals surface area contributed by atoms with Crippen LogP contribution in [0.4, 0.5) is 0 Å². The highest BCUT2D eigenvalue weighted by molar-refractivity contribution is 6.15. The highest BCUT2D eigenvalue weighted by Crippen LogP contribution is 2.44. The van der Waals surface area contributed by atoms with Gasteiger partial charge in [-0.3, -0.25) is 9.69 Å². The molecule has 0 saturated heterocycles. The molecule has 0 bridgehead atoms. The number of allylic oxidation sites excluding steroid dienone is 1.